The Morgan fingerprint density at radius 2 is 1.84 bits per heavy atom. The van der Waals surface area contributed by atoms with Crippen LogP contribution < -0.4 is 10.5 Å². The lowest BCUT2D eigenvalue weighted by molar-refractivity contribution is 0.407. The Balaban J connectivity index is 2.43. The third-order valence-corrected chi connectivity index (χ3v) is 3.69. The molecule has 1 unspecified atom stereocenters. The van der Waals surface area contributed by atoms with E-state index < -0.39 is 0 Å². The first-order valence-corrected chi connectivity index (χ1v) is 6.57. The molecule has 2 rings (SSSR count). The van der Waals surface area contributed by atoms with Crippen molar-refractivity contribution in [3.8, 4) is 5.75 Å². The molecule has 2 aromatic rings. The van der Waals surface area contributed by atoms with E-state index in [0.717, 1.165) is 33.0 Å². The van der Waals surface area contributed by atoms with E-state index in [2.05, 4.69) is 0 Å². The standard InChI is InChI=1S/C16H18ClNO/c1-10-4-7-13(15(8-10)19-3)16(18)12-6-5-11(2)14(17)9-12/h4-9,16H,18H2,1-3H3. The monoisotopic (exact) mass is 275 g/mol. The van der Waals surface area contributed by atoms with Gasteiger partial charge < -0.3 is 10.5 Å². The second-order valence-corrected chi connectivity index (χ2v) is 5.14. The topological polar surface area (TPSA) is 35.2 Å². The maximum Gasteiger partial charge on any atom is 0.124 e. The molecule has 2 nitrogen and oxygen atoms in total. The smallest absolute Gasteiger partial charge is 0.124 e. The molecule has 1 atom stereocenters. The number of aryl methyl sites for hydroxylation is 2. The Morgan fingerprint density at radius 3 is 2.47 bits per heavy atom. The van der Waals surface area contributed by atoms with Crippen LogP contribution in [0.3, 0.4) is 0 Å². The Kier molecular flexibility index (Phi) is 4.13. The highest BCUT2D eigenvalue weighted by atomic mass is 35.5. The third-order valence-electron chi connectivity index (χ3n) is 3.28. The van der Waals surface area contributed by atoms with E-state index in [1.807, 2.05) is 50.2 Å². The van der Waals surface area contributed by atoms with E-state index in [-0.39, 0.29) is 6.04 Å². The molecule has 2 N–H and O–H groups in total. The minimum atomic E-state index is -0.242. The minimum Gasteiger partial charge on any atom is -0.496 e. The van der Waals surface area contributed by atoms with Crippen molar-refractivity contribution in [1.29, 1.82) is 0 Å². The zero-order valence-electron chi connectivity index (χ0n) is 11.4. The average Bonchev–Trinajstić information content (AvgIpc) is 2.41. The third kappa shape index (κ3) is 2.91. The average molecular weight is 276 g/mol. The van der Waals surface area contributed by atoms with Crippen LogP contribution in [-0.4, -0.2) is 7.11 Å². The highest BCUT2D eigenvalue weighted by Crippen LogP contribution is 2.30. The zero-order chi connectivity index (χ0) is 14.0. The molecule has 0 aliphatic heterocycles. The summed E-state index contributed by atoms with van der Waals surface area (Å²) in [5.41, 5.74) is 10.5. The first kappa shape index (κ1) is 13.9. The molecular weight excluding hydrogens is 258 g/mol. The summed E-state index contributed by atoms with van der Waals surface area (Å²) < 4.78 is 5.41. The van der Waals surface area contributed by atoms with Gasteiger partial charge in [-0.3, -0.25) is 0 Å². The van der Waals surface area contributed by atoms with Crippen LogP contribution >= 0.6 is 11.6 Å². The van der Waals surface area contributed by atoms with Crippen molar-refractivity contribution < 1.29 is 4.74 Å². The number of halogens is 1. The first-order valence-electron chi connectivity index (χ1n) is 6.19. The van der Waals surface area contributed by atoms with Crippen LogP contribution in [0.1, 0.15) is 28.3 Å². The van der Waals surface area contributed by atoms with Crippen LogP contribution in [0.2, 0.25) is 5.02 Å². The fraction of sp³-hybridized carbons (Fsp3) is 0.250. The predicted molar refractivity (Wildman–Crippen MR) is 80.0 cm³/mol. The molecule has 0 radical (unpaired) electrons. The lowest BCUT2D eigenvalue weighted by Crippen LogP contribution is -2.13. The van der Waals surface area contributed by atoms with Gasteiger partial charge in [-0.05, 0) is 42.7 Å². The molecule has 0 bridgehead atoms. The highest BCUT2D eigenvalue weighted by Gasteiger charge is 2.14. The van der Waals surface area contributed by atoms with E-state index in [0.29, 0.717) is 0 Å². The van der Waals surface area contributed by atoms with Gasteiger partial charge in [0.1, 0.15) is 5.75 Å². The van der Waals surface area contributed by atoms with Crippen LogP contribution in [0.5, 0.6) is 5.75 Å². The number of benzene rings is 2. The SMILES string of the molecule is COc1cc(C)ccc1C(N)c1ccc(C)c(Cl)c1. The molecule has 0 saturated carbocycles. The van der Waals surface area contributed by atoms with Crippen molar-refractivity contribution in [3.63, 3.8) is 0 Å². The van der Waals surface area contributed by atoms with Gasteiger partial charge in [0, 0.05) is 10.6 Å². The summed E-state index contributed by atoms with van der Waals surface area (Å²) in [6.45, 7) is 4.00. The summed E-state index contributed by atoms with van der Waals surface area (Å²) in [4.78, 5) is 0. The molecule has 19 heavy (non-hydrogen) atoms. The quantitative estimate of drug-likeness (QED) is 0.918. The summed E-state index contributed by atoms with van der Waals surface area (Å²) in [6.07, 6.45) is 0. The molecule has 3 heteroatoms. The van der Waals surface area contributed by atoms with Crippen LogP contribution in [0, 0.1) is 13.8 Å². The van der Waals surface area contributed by atoms with E-state index >= 15 is 0 Å². The molecular formula is C16H18ClNO. The van der Waals surface area contributed by atoms with Crippen LogP contribution in [0.15, 0.2) is 36.4 Å². The van der Waals surface area contributed by atoms with Crippen molar-refractivity contribution in [2.24, 2.45) is 5.73 Å². The summed E-state index contributed by atoms with van der Waals surface area (Å²) in [7, 11) is 1.66. The second-order valence-electron chi connectivity index (χ2n) is 4.73. The Bertz CT molecular complexity index is 595. The predicted octanol–water partition coefficient (Wildman–Crippen LogP) is 4.01. The van der Waals surface area contributed by atoms with Gasteiger partial charge in [-0.15, -0.1) is 0 Å². The first-order chi connectivity index (χ1) is 9.02. The number of hydrogen-bond donors (Lipinski definition) is 1. The molecule has 2 aromatic carbocycles. The second kappa shape index (κ2) is 5.64. The number of hydrogen-bond acceptors (Lipinski definition) is 2. The molecule has 0 heterocycles. The van der Waals surface area contributed by atoms with E-state index in [1.165, 1.54) is 0 Å². The maximum atomic E-state index is 6.32. The van der Waals surface area contributed by atoms with Crippen LogP contribution in [-0.2, 0) is 0 Å². The van der Waals surface area contributed by atoms with Crippen molar-refractivity contribution in [2.45, 2.75) is 19.9 Å². The molecule has 0 aliphatic rings. The molecule has 0 spiro atoms. The number of nitrogens with two attached hydrogens (primary N) is 1. The van der Waals surface area contributed by atoms with Crippen molar-refractivity contribution in [3.05, 3.63) is 63.7 Å². The highest BCUT2D eigenvalue weighted by molar-refractivity contribution is 6.31. The van der Waals surface area contributed by atoms with Gasteiger partial charge in [-0.2, -0.15) is 0 Å². The number of ether oxygens (including phenoxy) is 1. The summed E-state index contributed by atoms with van der Waals surface area (Å²) in [5, 5.41) is 0.735. The molecule has 0 aliphatic carbocycles. The fourth-order valence-corrected chi connectivity index (χ4v) is 2.25. The summed E-state index contributed by atoms with van der Waals surface area (Å²) >= 11 is 6.16. The van der Waals surface area contributed by atoms with Crippen LogP contribution in [0.4, 0.5) is 0 Å². The van der Waals surface area contributed by atoms with Gasteiger partial charge >= 0.3 is 0 Å². The van der Waals surface area contributed by atoms with Crippen molar-refractivity contribution in [2.75, 3.05) is 7.11 Å². The molecule has 0 amide bonds. The van der Waals surface area contributed by atoms with Gasteiger partial charge in [0.2, 0.25) is 0 Å². The van der Waals surface area contributed by atoms with Crippen LogP contribution in [0.25, 0.3) is 0 Å². The molecule has 100 valence electrons. The maximum absolute atomic E-state index is 6.32. The Hall–Kier alpha value is -1.51. The van der Waals surface area contributed by atoms with E-state index in [1.54, 1.807) is 7.11 Å². The van der Waals surface area contributed by atoms with E-state index in [4.69, 9.17) is 22.1 Å². The summed E-state index contributed by atoms with van der Waals surface area (Å²) in [5.74, 6) is 0.809. The van der Waals surface area contributed by atoms with Gasteiger partial charge in [-0.25, -0.2) is 0 Å². The lowest BCUT2D eigenvalue weighted by Gasteiger charge is -2.17. The van der Waals surface area contributed by atoms with Crippen molar-refractivity contribution in [1.82, 2.24) is 0 Å². The number of rotatable bonds is 3. The van der Waals surface area contributed by atoms with Gasteiger partial charge in [0.05, 0.1) is 13.2 Å². The zero-order valence-corrected chi connectivity index (χ0v) is 12.2. The van der Waals surface area contributed by atoms with Gasteiger partial charge in [-0.1, -0.05) is 35.9 Å². The van der Waals surface area contributed by atoms with E-state index in [9.17, 15) is 0 Å². The molecule has 0 aromatic heterocycles. The van der Waals surface area contributed by atoms with Crippen molar-refractivity contribution >= 4 is 11.6 Å². The number of methoxy groups -OCH3 is 1. The fourth-order valence-electron chi connectivity index (χ4n) is 2.06. The Morgan fingerprint density at radius 1 is 1.11 bits per heavy atom. The Labute approximate surface area is 119 Å². The molecule has 0 saturated heterocycles. The normalized spacial score (nSPS) is 12.3. The lowest BCUT2D eigenvalue weighted by atomic mass is 9.97. The summed E-state index contributed by atoms with van der Waals surface area (Å²) in [6, 6.07) is 11.7. The molecule has 0 fully saturated rings. The largest absolute Gasteiger partial charge is 0.496 e. The van der Waals surface area contributed by atoms with Gasteiger partial charge in [0.15, 0.2) is 0 Å². The van der Waals surface area contributed by atoms with Gasteiger partial charge in [0.25, 0.3) is 0 Å². The minimum absolute atomic E-state index is 0.242.